The van der Waals surface area contributed by atoms with Crippen molar-refractivity contribution in [2.75, 3.05) is 0 Å². The molecule has 2 unspecified atom stereocenters. The minimum atomic E-state index is -1.10. The maximum Gasteiger partial charge on any atom is 0.320 e. The normalized spacial score (nSPS) is 14.5. The van der Waals surface area contributed by atoms with E-state index in [0.717, 1.165) is 0 Å². The fourth-order valence-electron chi connectivity index (χ4n) is 1.24. The van der Waals surface area contributed by atoms with Crippen LogP contribution in [0.4, 0.5) is 0 Å². The summed E-state index contributed by atoms with van der Waals surface area (Å²) in [5, 5.41) is 27.0. The monoisotopic (exact) mass is 209 g/mol. The summed E-state index contributed by atoms with van der Waals surface area (Å²) in [4.78, 5) is 10.6. The van der Waals surface area contributed by atoms with Gasteiger partial charge in [0, 0.05) is 0 Å². The molecular weight excluding hydrogens is 197 g/mol. The summed E-state index contributed by atoms with van der Waals surface area (Å²) in [7, 11) is 1.64. The molecule has 0 aromatic heterocycles. The number of carboxylic acids is 1. The second-order valence-electron chi connectivity index (χ2n) is 3.40. The zero-order valence-electron chi connectivity index (χ0n) is 8.21. The van der Waals surface area contributed by atoms with Crippen molar-refractivity contribution in [3.63, 3.8) is 0 Å². The molecule has 5 N–H and O–H groups in total. The van der Waals surface area contributed by atoms with E-state index in [1.807, 2.05) is 0 Å². The van der Waals surface area contributed by atoms with Crippen molar-refractivity contribution in [2.24, 2.45) is 5.73 Å². The first kappa shape index (κ1) is 11.4. The fourth-order valence-corrected chi connectivity index (χ4v) is 1.24. The number of aliphatic carboxylic acids is 1. The maximum atomic E-state index is 10.6. The minimum Gasteiger partial charge on any atom is -0.504 e. The molecule has 5 nitrogen and oxygen atoms in total. The Morgan fingerprint density at radius 1 is 1.33 bits per heavy atom. The van der Waals surface area contributed by atoms with Crippen LogP contribution in [0.5, 0.6) is 11.5 Å². The van der Waals surface area contributed by atoms with E-state index in [4.69, 9.17) is 15.9 Å². The second kappa shape index (κ2) is 4.23. The molecule has 1 aromatic carbocycles. The van der Waals surface area contributed by atoms with Crippen LogP contribution in [0.15, 0.2) is 18.2 Å². The molecule has 0 spiro atoms. The Balaban J connectivity index is 2.96. The zero-order valence-corrected chi connectivity index (χ0v) is 8.21. The molecule has 80 valence electrons. The predicted molar refractivity (Wildman–Crippen MR) is 56.7 cm³/mol. The molecule has 0 heterocycles. The number of carbonyl (C=O) groups is 1. The van der Waals surface area contributed by atoms with Crippen molar-refractivity contribution in [3.8, 4) is 11.5 Å². The van der Waals surface area contributed by atoms with Crippen molar-refractivity contribution in [1.82, 2.24) is 0 Å². The summed E-state index contributed by atoms with van der Waals surface area (Å²) >= 11 is 0. The Labute approximate surface area is 87.6 Å². The van der Waals surface area contributed by atoms with E-state index >= 15 is 0 Å². The van der Waals surface area contributed by atoms with Gasteiger partial charge in [0.05, 0.1) is 0 Å². The third-order valence-electron chi connectivity index (χ3n) is 2.35. The van der Waals surface area contributed by atoms with E-state index in [2.05, 4.69) is 0 Å². The van der Waals surface area contributed by atoms with Gasteiger partial charge in [-0.1, -0.05) is 6.07 Å². The molecule has 2 atom stereocenters. The number of benzene rings is 1. The lowest BCUT2D eigenvalue weighted by Crippen LogP contribution is -2.36. The Hall–Kier alpha value is -1.69. The quantitative estimate of drug-likeness (QED) is 0.384. The highest BCUT2D eigenvalue weighted by atomic mass is 16.4. The largest absolute Gasteiger partial charge is 0.504 e. The number of aromatic hydroxyl groups is 2. The molecule has 6 heteroatoms. The minimum absolute atomic E-state index is 0.241. The van der Waals surface area contributed by atoms with E-state index in [-0.39, 0.29) is 11.5 Å². The van der Waals surface area contributed by atoms with Gasteiger partial charge in [-0.2, -0.15) is 0 Å². The van der Waals surface area contributed by atoms with Crippen LogP contribution in [0.1, 0.15) is 11.4 Å². The van der Waals surface area contributed by atoms with E-state index in [9.17, 15) is 9.90 Å². The average Bonchev–Trinajstić information content (AvgIpc) is 2.19. The van der Waals surface area contributed by atoms with E-state index in [1.165, 1.54) is 18.2 Å². The van der Waals surface area contributed by atoms with Crippen LogP contribution >= 0.6 is 0 Å². The van der Waals surface area contributed by atoms with Crippen LogP contribution in [-0.2, 0) is 4.79 Å². The van der Waals surface area contributed by atoms with Gasteiger partial charge >= 0.3 is 5.97 Å². The standard InChI is InChI=1S/C9H12BNO4/c10-7(8(11)9(14)15)4-1-2-5(12)6(13)3-4/h1-3,7-8,12-13H,10-11H2,(H,14,15). The Kier molecular flexibility index (Phi) is 3.21. The van der Waals surface area contributed by atoms with Gasteiger partial charge in [-0.05, 0) is 23.5 Å². The highest BCUT2D eigenvalue weighted by Gasteiger charge is 2.21. The number of phenolic OH excluding ortho intramolecular Hbond substituents is 2. The van der Waals surface area contributed by atoms with Crippen molar-refractivity contribution in [1.29, 1.82) is 0 Å². The van der Waals surface area contributed by atoms with Gasteiger partial charge in [0.25, 0.3) is 0 Å². The maximum absolute atomic E-state index is 10.6. The lowest BCUT2D eigenvalue weighted by Gasteiger charge is -2.16. The zero-order chi connectivity index (χ0) is 11.6. The first-order valence-corrected chi connectivity index (χ1v) is 4.43. The van der Waals surface area contributed by atoms with Gasteiger partial charge in [-0.15, -0.1) is 0 Å². The molecule has 15 heavy (non-hydrogen) atoms. The molecule has 0 fully saturated rings. The molecule has 0 amide bonds. The van der Waals surface area contributed by atoms with E-state index < -0.39 is 17.8 Å². The molecule has 1 rings (SSSR count). The molecule has 1 aromatic rings. The predicted octanol–water partition coefficient (Wildman–Crippen LogP) is -0.816. The van der Waals surface area contributed by atoms with Crippen LogP contribution < -0.4 is 5.73 Å². The van der Waals surface area contributed by atoms with Gasteiger partial charge in [0.15, 0.2) is 11.5 Å². The smallest absolute Gasteiger partial charge is 0.320 e. The second-order valence-corrected chi connectivity index (χ2v) is 3.40. The lowest BCUT2D eigenvalue weighted by atomic mass is 9.76. The van der Waals surface area contributed by atoms with Gasteiger partial charge in [-0.3, -0.25) is 4.79 Å². The SMILES string of the molecule is BC(c1ccc(O)c(O)c1)C(N)C(=O)O. The van der Waals surface area contributed by atoms with E-state index in [0.29, 0.717) is 5.56 Å². The molecule has 0 aliphatic rings. The molecule has 0 bridgehead atoms. The van der Waals surface area contributed by atoms with Crippen LogP contribution in [0.25, 0.3) is 0 Å². The summed E-state index contributed by atoms with van der Waals surface area (Å²) in [6.45, 7) is 0. The first-order valence-electron chi connectivity index (χ1n) is 4.43. The summed E-state index contributed by atoms with van der Waals surface area (Å²) in [6.07, 6.45) is 0. The third kappa shape index (κ3) is 2.41. The lowest BCUT2D eigenvalue weighted by molar-refractivity contribution is -0.138. The Morgan fingerprint density at radius 3 is 2.40 bits per heavy atom. The van der Waals surface area contributed by atoms with E-state index in [1.54, 1.807) is 7.85 Å². The number of rotatable bonds is 3. The number of nitrogens with two attached hydrogens (primary N) is 1. The van der Waals surface area contributed by atoms with Gasteiger partial charge in [-0.25, -0.2) is 0 Å². The summed E-state index contributed by atoms with van der Waals surface area (Å²) in [6, 6.07) is 3.11. The number of hydrogen-bond acceptors (Lipinski definition) is 4. The summed E-state index contributed by atoms with van der Waals surface area (Å²) < 4.78 is 0. The Morgan fingerprint density at radius 2 is 1.93 bits per heavy atom. The summed E-state index contributed by atoms with van der Waals surface area (Å²) in [5.74, 6) is -2.06. The molecule has 0 saturated heterocycles. The van der Waals surface area contributed by atoms with Crippen LogP contribution in [0.3, 0.4) is 0 Å². The Bertz CT molecular complexity index is 382. The number of hydrogen-bond donors (Lipinski definition) is 4. The van der Waals surface area contributed by atoms with Gasteiger partial charge in [0.1, 0.15) is 13.9 Å². The van der Waals surface area contributed by atoms with Gasteiger partial charge < -0.3 is 21.1 Å². The molecule has 0 aliphatic carbocycles. The molecule has 0 radical (unpaired) electrons. The van der Waals surface area contributed by atoms with Crippen molar-refractivity contribution in [2.45, 2.75) is 11.9 Å². The molecule has 0 saturated carbocycles. The highest BCUT2D eigenvalue weighted by Crippen LogP contribution is 2.28. The first-order chi connectivity index (χ1) is 6.93. The van der Waals surface area contributed by atoms with Crippen LogP contribution in [-0.4, -0.2) is 35.2 Å². The number of carboxylic acid groups (broad SMARTS) is 1. The highest BCUT2D eigenvalue weighted by molar-refractivity contribution is 6.14. The number of phenols is 2. The topological polar surface area (TPSA) is 104 Å². The fraction of sp³-hybridized carbons (Fsp3) is 0.222. The third-order valence-corrected chi connectivity index (χ3v) is 2.35. The average molecular weight is 209 g/mol. The van der Waals surface area contributed by atoms with Crippen LogP contribution in [0.2, 0.25) is 0 Å². The molecular formula is C9H12BNO4. The molecule has 0 aliphatic heterocycles. The van der Waals surface area contributed by atoms with Crippen molar-refractivity contribution >= 4 is 13.8 Å². The van der Waals surface area contributed by atoms with Crippen molar-refractivity contribution < 1.29 is 20.1 Å². The van der Waals surface area contributed by atoms with Crippen LogP contribution in [0, 0.1) is 0 Å². The summed E-state index contributed by atoms with van der Waals surface area (Å²) in [5.41, 5.74) is 6.01. The van der Waals surface area contributed by atoms with Gasteiger partial charge in [0.2, 0.25) is 0 Å². The van der Waals surface area contributed by atoms with Crippen molar-refractivity contribution in [3.05, 3.63) is 23.8 Å².